The summed E-state index contributed by atoms with van der Waals surface area (Å²) in [7, 11) is 1.52. The Morgan fingerprint density at radius 1 is 1.50 bits per heavy atom. The fourth-order valence-electron chi connectivity index (χ4n) is 1.28. The smallest absolute Gasteiger partial charge is 0.241 e. The van der Waals surface area contributed by atoms with Crippen molar-refractivity contribution in [3.8, 4) is 11.5 Å². The van der Waals surface area contributed by atoms with Crippen molar-refractivity contribution in [1.29, 1.82) is 0 Å². The molecule has 0 aliphatic carbocycles. The van der Waals surface area contributed by atoms with E-state index in [1.54, 1.807) is 25.1 Å². The number of carbonyl (C=O) groups is 1. The molecule has 0 aliphatic rings. The Hall–Kier alpha value is -1.79. The lowest BCUT2D eigenvalue weighted by Gasteiger charge is -2.13. The first-order chi connectivity index (χ1) is 8.58. The molecular formula is C12H18N2O4. The number of rotatable bonds is 6. The molecule has 6 heteroatoms. The summed E-state index contributed by atoms with van der Waals surface area (Å²) in [5.74, 6) is 0.699. The summed E-state index contributed by atoms with van der Waals surface area (Å²) < 4.78 is 10.4. The monoisotopic (exact) mass is 254 g/mol. The zero-order chi connectivity index (χ0) is 13.5. The largest absolute Gasteiger partial charge is 0.493 e. The van der Waals surface area contributed by atoms with Crippen LogP contribution in [0.3, 0.4) is 0 Å². The number of aliphatic hydroxyl groups excluding tert-OH is 1. The van der Waals surface area contributed by atoms with Gasteiger partial charge in [0.05, 0.1) is 19.8 Å². The van der Waals surface area contributed by atoms with Gasteiger partial charge in [0.25, 0.3) is 0 Å². The van der Waals surface area contributed by atoms with Crippen LogP contribution in [0.1, 0.15) is 6.92 Å². The Morgan fingerprint density at radius 3 is 2.78 bits per heavy atom. The summed E-state index contributed by atoms with van der Waals surface area (Å²) in [5, 5.41) is 11.4. The fraction of sp³-hybridized carbons (Fsp3) is 0.417. The maximum atomic E-state index is 11.4. The van der Waals surface area contributed by atoms with Crippen LogP contribution in [0.2, 0.25) is 0 Å². The van der Waals surface area contributed by atoms with E-state index in [1.807, 2.05) is 0 Å². The number of hydrogen-bond acceptors (Lipinski definition) is 5. The molecule has 1 aromatic carbocycles. The van der Waals surface area contributed by atoms with Crippen LogP contribution in [0.4, 0.5) is 5.69 Å². The lowest BCUT2D eigenvalue weighted by molar-refractivity contribution is -0.117. The minimum Gasteiger partial charge on any atom is -0.493 e. The minimum absolute atomic E-state index is 0.0976. The Bertz CT molecular complexity index is 407. The van der Waals surface area contributed by atoms with Crippen LogP contribution in [0.15, 0.2) is 18.2 Å². The molecule has 0 aliphatic heterocycles. The summed E-state index contributed by atoms with van der Waals surface area (Å²) >= 11 is 0. The molecule has 0 saturated carbocycles. The Labute approximate surface area is 106 Å². The quantitative estimate of drug-likeness (QED) is 0.681. The summed E-state index contributed by atoms with van der Waals surface area (Å²) in [6.45, 7) is 1.66. The molecule has 0 spiro atoms. The normalized spacial score (nSPS) is 11.8. The molecule has 0 saturated heterocycles. The van der Waals surface area contributed by atoms with Gasteiger partial charge in [-0.2, -0.15) is 0 Å². The van der Waals surface area contributed by atoms with Gasteiger partial charge < -0.3 is 25.6 Å². The van der Waals surface area contributed by atoms with E-state index in [-0.39, 0.29) is 19.1 Å². The van der Waals surface area contributed by atoms with Gasteiger partial charge in [-0.15, -0.1) is 0 Å². The van der Waals surface area contributed by atoms with E-state index >= 15 is 0 Å². The van der Waals surface area contributed by atoms with Crippen LogP contribution >= 0.6 is 0 Å². The van der Waals surface area contributed by atoms with Gasteiger partial charge in [0.2, 0.25) is 5.91 Å². The van der Waals surface area contributed by atoms with Crippen molar-refractivity contribution in [3.05, 3.63) is 18.2 Å². The van der Waals surface area contributed by atoms with Crippen LogP contribution in [-0.2, 0) is 4.79 Å². The van der Waals surface area contributed by atoms with Crippen molar-refractivity contribution < 1.29 is 19.4 Å². The van der Waals surface area contributed by atoms with E-state index in [9.17, 15) is 4.79 Å². The van der Waals surface area contributed by atoms with Crippen LogP contribution < -0.4 is 20.5 Å². The number of nitrogens with one attached hydrogen (secondary N) is 1. The van der Waals surface area contributed by atoms with Crippen molar-refractivity contribution in [2.24, 2.45) is 5.73 Å². The first-order valence-corrected chi connectivity index (χ1v) is 5.56. The molecule has 1 aromatic rings. The third-order valence-corrected chi connectivity index (χ3v) is 2.19. The number of carbonyl (C=O) groups excluding carboxylic acids is 1. The van der Waals surface area contributed by atoms with Gasteiger partial charge in [-0.05, 0) is 19.1 Å². The van der Waals surface area contributed by atoms with Crippen LogP contribution in [0.5, 0.6) is 11.5 Å². The second-order valence-electron chi connectivity index (χ2n) is 3.72. The molecule has 1 rings (SSSR count). The lowest BCUT2D eigenvalue weighted by Crippen LogP contribution is -2.32. The maximum Gasteiger partial charge on any atom is 0.241 e. The Balaban J connectivity index is 2.84. The van der Waals surface area contributed by atoms with Gasteiger partial charge in [-0.3, -0.25) is 4.79 Å². The molecule has 0 heterocycles. The van der Waals surface area contributed by atoms with Crippen LogP contribution in [0.25, 0.3) is 0 Å². The maximum absolute atomic E-state index is 11.4. The lowest BCUT2D eigenvalue weighted by atomic mass is 10.2. The second-order valence-corrected chi connectivity index (χ2v) is 3.72. The van der Waals surface area contributed by atoms with Gasteiger partial charge >= 0.3 is 0 Å². The fourth-order valence-corrected chi connectivity index (χ4v) is 1.28. The van der Waals surface area contributed by atoms with E-state index in [0.29, 0.717) is 17.2 Å². The van der Waals surface area contributed by atoms with Crippen molar-refractivity contribution in [2.75, 3.05) is 25.6 Å². The molecule has 0 radical (unpaired) electrons. The Kier molecular flexibility index (Phi) is 5.41. The van der Waals surface area contributed by atoms with Gasteiger partial charge in [0.15, 0.2) is 11.5 Å². The van der Waals surface area contributed by atoms with Gasteiger partial charge in [-0.1, -0.05) is 0 Å². The van der Waals surface area contributed by atoms with E-state index < -0.39 is 6.04 Å². The standard InChI is InChI=1S/C12H18N2O4/c1-8(13)12(16)14-9-3-4-10(17-2)11(7-9)18-6-5-15/h3-4,7-8,15H,5-6,13H2,1-2H3,(H,14,16)/t8-/m1/s1. The van der Waals surface area contributed by atoms with Crippen molar-refractivity contribution in [1.82, 2.24) is 0 Å². The van der Waals surface area contributed by atoms with Gasteiger partial charge in [0.1, 0.15) is 6.61 Å². The average Bonchev–Trinajstić information content (AvgIpc) is 2.36. The summed E-state index contributed by atoms with van der Waals surface area (Å²) in [4.78, 5) is 11.4. The molecule has 18 heavy (non-hydrogen) atoms. The number of ether oxygens (including phenoxy) is 2. The molecule has 0 bridgehead atoms. The summed E-state index contributed by atoms with van der Waals surface area (Å²) in [6, 6.07) is 4.39. The number of anilines is 1. The SMILES string of the molecule is COc1ccc(NC(=O)[C@@H](C)N)cc1OCCO. The highest BCUT2D eigenvalue weighted by molar-refractivity contribution is 5.94. The number of nitrogens with two attached hydrogens (primary N) is 1. The van der Waals surface area contributed by atoms with Gasteiger partial charge in [0, 0.05) is 11.8 Å². The van der Waals surface area contributed by atoms with E-state index in [4.69, 9.17) is 20.3 Å². The number of hydrogen-bond donors (Lipinski definition) is 3. The average molecular weight is 254 g/mol. The predicted molar refractivity (Wildman–Crippen MR) is 67.9 cm³/mol. The first-order valence-electron chi connectivity index (χ1n) is 5.56. The summed E-state index contributed by atoms with van der Waals surface area (Å²) in [6.07, 6.45) is 0. The molecule has 0 aromatic heterocycles. The zero-order valence-electron chi connectivity index (χ0n) is 10.5. The predicted octanol–water partition coefficient (Wildman–Crippen LogP) is 0.352. The van der Waals surface area contributed by atoms with E-state index in [2.05, 4.69) is 5.32 Å². The summed E-state index contributed by atoms with van der Waals surface area (Å²) in [5.41, 5.74) is 6.02. The van der Waals surface area contributed by atoms with Crippen LogP contribution in [0, 0.1) is 0 Å². The second kappa shape index (κ2) is 6.83. The topological polar surface area (TPSA) is 93.8 Å². The highest BCUT2D eigenvalue weighted by Crippen LogP contribution is 2.30. The van der Waals surface area contributed by atoms with E-state index in [0.717, 1.165) is 0 Å². The Morgan fingerprint density at radius 2 is 2.22 bits per heavy atom. The number of benzene rings is 1. The molecule has 1 amide bonds. The van der Waals surface area contributed by atoms with Gasteiger partial charge in [-0.25, -0.2) is 0 Å². The van der Waals surface area contributed by atoms with Crippen molar-refractivity contribution >= 4 is 11.6 Å². The number of aliphatic hydroxyl groups is 1. The third-order valence-electron chi connectivity index (χ3n) is 2.19. The zero-order valence-corrected chi connectivity index (χ0v) is 10.5. The number of amides is 1. The molecule has 0 unspecified atom stereocenters. The highest BCUT2D eigenvalue weighted by atomic mass is 16.5. The minimum atomic E-state index is -0.589. The molecular weight excluding hydrogens is 236 g/mol. The highest BCUT2D eigenvalue weighted by Gasteiger charge is 2.10. The van der Waals surface area contributed by atoms with Crippen LogP contribution in [-0.4, -0.2) is 37.4 Å². The van der Waals surface area contributed by atoms with E-state index in [1.165, 1.54) is 7.11 Å². The first kappa shape index (κ1) is 14.3. The molecule has 100 valence electrons. The molecule has 0 fully saturated rings. The van der Waals surface area contributed by atoms with Crippen molar-refractivity contribution in [3.63, 3.8) is 0 Å². The molecule has 6 nitrogen and oxygen atoms in total. The van der Waals surface area contributed by atoms with Crippen molar-refractivity contribution in [2.45, 2.75) is 13.0 Å². The number of methoxy groups -OCH3 is 1. The molecule has 4 N–H and O–H groups in total. The molecule has 1 atom stereocenters. The third kappa shape index (κ3) is 3.90.